The van der Waals surface area contributed by atoms with Crippen LogP contribution < -0.4 is 0 Å². The molecule has 0 bridgehead atoms. The van der Waals surface area contributed by atoms with Crippen LogP contribution in [0.5, 0.6) is 0 Å². The lowest BCUT2D eigenvalue weighted by molar-refractivity contribution is 0.620. The SMILES string of the molecule is c1ccc(-c2cccc(-c3cc(-c4cccc(-c5cccnc5)c4)cc4oc(-c5ccc(-c6cccc(-c7cccnc7)c6)cc5)nc34)c2)cc1. The minimum atomic E-state index is 0.586. The van der Waals surface area contributed by atoms with Crippen molar-refractivity contribution >= 4 is 11.1 Å². The van der Waals surface area contributed by atoms with E-state index in [1.165, 1.54) is 5.56 Å². The Labute approximate surface area is 296 Å². The van der Waals surface area contributed by atoms with Gasteiger partial charge in [0.25, 0.3) is 0 Å². The van der Waals surface area contributed by atoms with Gasteiger partial charge in [0, 0.05) is 47.0 Å². The Balaban J connectivity index is 1.14. The van der Waals surface area contributed by atoms with Gasteiger partial charge in [-0.3, -0.25) is 9.97 Å². The molecule has 0 N–H and O–H groups in total. The molecule has 3 heterocycles. The largest absolute Gasteiger partial charge is 0.436 e. The van der Waals surface area contributed by atoms with Crippen molar-refractivity contribution in [3.8, 4) is 78.2 Å². The Bertz CT molecular complexity index is 2610. The zero-order valence-corrected chi connectivity index (χ0v) is 27.6. The van der Waals surface area contributed by atoms with E-state index >= 15 is 0 Å². The molecule has 0 atom stereocenters. The Morgan fingerprint density at radius 1 is 0.333 bits per heavy atom. The maximum atomic E-state index is 6.60. The van der Waals surface area contributed by atoms with Crippen molar-refractivity contribution in [1.82, 2.24) is 15.0 Å². The van der Waals surface area contributed by atoms with E-state index in [0.717, 1.165) is 77.9 Å². The first-order valence-corrected chi connectivity index (χ1v) is 17.0. The van der Waals surface area contributed by atoms with Gasteiger partial charge in [0.05, 0.1) is 0 Å². The summed E-state index contributed by atoms with van der Waals surface area (Å²) in [6, 6.07) is 57.1. The molecule has 6 aromatic carbocycles. The highest BCUT2D eigenvalue weighted by Crippen LogP contribution is 2.39. The molecule has 0 saturated heterocycles. The maximum Gasteiger partial charge on any atom is 0.227 e. The molecule has 0 aliphatic rings. The van der Waals surface area contributed by atoms with Crippen LogP contribution in [0, 0.1) is 0 Å². The standard InChI is InChI=1S/C47H31N3O/c1-2-9-32(10-3-1)36-12-6-16-40(27-36)44-28-43(39-15-5-14-38(26-39)42-18-8-24-49-31-42)29-45-46(44)50-47(51-45)34-21-19-33(20-22-34)35-11-4-13-37(25-35)41-17-7-23-48-30-41/h1-31H. The van der Waals surface area contributed by atoms with Crippen LogP contribution in [0.3, 0.4) is 0 Å². The molecule has 51 heavy (non-hydrogen) atoms. The number of fused-ring (bicyclic) bond motifs is 1. The molecule has 4 nitrogen and oxygen atoms in total. The number of oxazole rings is 1. The normalized spacial score (nSPS) is 11.1. The second-order valence-electron chi connectivity index (χ2n) is 12.6. The van der Waals surface area contributed by atoms with Crippen molar-refractivity contribution in [2.24, 2.45) is 0 Å². The van der Waals surface area contributed by atoms with E-state index in [1.54, 1.807) is 12.4 Å². The molecule has 9 aromatic rings. The summed E-state index contributed by atoms with van der Waals surface area (Å²) < 4.78 is 6.60. The smallest absolute Gasteiger partial charge is 0.227 e. The van der Waals surface area contributed by atoms with Crippen LogP contribution in [0.1, 0.15) is 0 Å². The molecule has 4 heteroatoms. The highest BCUT2D eigenvalue weighted by molar-refractivity contribution is 5.97. The van der Waals surface area contributed by atoms with Gasteiger partial charge in [-0.2, -0.15) is 0 Å². The fourth-order valence-electron chi connectivity index (χ4n) is 6.67. The van der Waals surface area contributed by atoms with Crippen LogP contribution in [0.2, 0.25) is 0 Å². The van der Waals surface area contributed by atoms with Crippen molar-refractivity contribution in [3.05, 3.63) is 189 Å². The Hall–Kier alpha value is -6.91. The van der Waals surface area contributed by atoms with Gasteiger partial charge in [-0.05, 0) is 105 Å². The van der Waals surface area contributed by atoms with E-state index in [4.69, 9.17) is 9.40 Å². The van der Waals surface area contributed by atoms with Gasteiger partial charge in [-0.15, -0.1) is 0 Å². The minimum Gasteiger partial charge on any atom is -0.436 e. The first-order valence-electron chi connectivity index (χ1n) is 17.0. The summed E-state index contributed by atoms with van der Waals surface area (Å²) in [6.45, 7) is 0. The van der Waals surface area contributed by atoms with Gasteiger partial charge in [0.2, 0.25) is 5.89 Å². The number of aromatic nitrogens is 3. The number of pyridine rings is 2. The third kappa shape index (κ3) is 6.11. The van der Waals surface area contributed by atoms with Crippen LogP contribution >= 0.6 is 0 Å². The van der Waals surface area contributed by atoms with E-state index in [9.17, 15) is 0 Å². The van der Waals surface area contributed by atoms with E-state index in [2.05, 4.69) is 156 Å². The summed E-state index contributed by atoms with van der Waals surface area (Å²) >= 11 is 0. The zero-order valence-electron chi connectivity index (χ0n) is 27.6. The molecule has 3 aromatic heterocycles. The zero-order chi connectivity index (χ0) is 34.0. The van der Waals surface area contributed by atoms with Crippen molar-refractivity contribution in [2.45, 2.75) is 0 Å². The molecule has 0 spiro atoms. The third-order valence-corrected chi connectivity index (χ3v) is 9.29. The summed E-state index contributed by atoms with van der Waals surface area (Å²) in [7, 11) is 0. The first kappa shape index (κ1) is 30.2. The molecule has 0 saturated carbocycles. The first-order chi connectivity index (χ1) is 25.2. The number of rotatable bonds is 7. The molecule has 0 aliphatic carbocycles. The Morgan fingerprint density at radius 3 is 1.39 bits per heavy atom. The highest BCUT2D eigenvalue weighted by Gasteiger charge is 2.17. The second-order valence-corrected chi connectivity index (χ2v) is 12.6. The van der Waals surface area contributed by atoms with E-state index < -0.39 is 0 Å². The predicted octanol–water partition coefficient (Wildman–Crippen LogP) is 12.3. The van der Waals surface area contributed by atoms with E-state index in [1.807, 2.05) is 30.6 Å². The van der Waals surface area contributed by atoms with Crippen molar-refractivity contribution in [2.75, 3.05) is 0 Å². The molecular weight excluding hydrogens is 623 g/mol. The van der Waals surface area contributed by atoms with Gasteiger partial charge in [-0.1, -0.05) is 109 Å². The van der Waals surface area contributed by atoms with Crippen LogP contribution in [-0.4, -0.2) is 15.0 Å². The molecule has 0 aliphatic heterocycles. The summed E-state index contributed by atoms with van der Waals surface area (Å²) in [6.07, 6.45) is 7.39. The van der Waals surface area contributed by atoms with Gasteiger partial charge in [0.15, 0.2) is 5.58 Å². The lowest BCUT2D eigenvalue weighted by atomic mass is 9.94. The predicted molar refractivity (Wildman–Crippen MR) is 208 cm³/mol. The summed E-state index contributed by atoms with van der Waals surface area (Å²) in [5, 5.41) is 0. The minimum absolute atomic E-state index is 0.586. The second kappa shape index (κ2) is 13.2. The monoisotopic (exact) mass is 653 g/mol. The maximum absolute atomic E-state index is 6.60. The Morgan fingerprint density at radius 2 is 0.804 bits per heavy atom. The molecule has 9 rings (SSSR count). The number of hydrogen-bond donors (Lipinski definition) is 0. The summed E-state index contributed by atoms with van der Waals surface area (Å²) in [5.41, 5.74) is 15.7. The molecular formula is C47H31N3O. The van der Waals surface area contributed by atoms with Crippen molar-refractivity contribution in [1.29, 1.82) is 0 Å². The van der Waals surface area contributed by atoms with Crippen LogP contribution in [-0.2, 0) is 0 Å². The van der Waals surface area contributed by atoms with Crippen molar-refractivity contribution in [3.63, 3.8) is 0 Å². The average molecular weight is 654 g/mol. The summed E-state index contributed by atoms with van der Waals surface area (Å²) in [5.74, 6) is 0.586. The summed E-state index contributed by atoms with van der Waals surface area (Å²) in [4.78, 5) is 13.8. The molecule has 0 radical (unpaired) electrons. The Kier molecular flexibility index (Phi) is 7.80. The number of hydrogen-bond acceptors (Lipinski definition) is 4. The number of nitrogens with zero attached hydrogens (tertiary/aromatic N) is 3. The fraction of sp³-hybridized carbons (Fsp3) is 0. The third-order valence-electron chi connectivity index (χ3n) is 9.29. The average Bonchev–Trinajstić information content (AvgIpc) is 3.66. The van der Waals surface area contributed by atoms with Gasteiger partial charge >= 0.3 is 0 Å². The molecule has 0 fully saturated rings. The lowest BCUT2D eigenvalue weighted by Gasteiger charge is -2.10. The highest BCUT2D eigenvalue weighted by atomic mass is 16.3. The van der Waals surface area contributed by atoms with Crippen molar-refractivity contribution < 1.29 is 4.42 Å². The molecule has 0 unspecified atom stereocenters. The van der Waals surface area contributed by atoms with E-state index in [-0.39, 0.29) is 0 Å². The topological polar surface area (TPSA) is 51.8 Å². The van der Waals surface area contributed by atoms with Crippen LogP contribution in [0.4, 0.5) is 0 Å². The molecule has 0 amide bonds. The molecule has 240 valence electrons. The quantitative estimate of drug-likeness (QED) is 0.172. The number of benzene rings is 6. The van der Waals surface area contributed by atoms with E-state index in [0.29, 0.717) is 5.89 Å². The van der Waals surface area contributed by atoms with Crippen LogP contribution in [0.25, 0.3) is 89.3 Å². The lowest BCUT2D eigenvalue weighted by Crippen LogP contribution is -1.87. The van der Waals surface area contributed by atoms with Gasteiger partial charge < -0.3 is 4.42 Å². The van der Waals surface area contributed by atoms with Gasteiger partial charge in [0.1, 0.15) is 5.52 Å². The van der Waals surface area contributed by atoms with Gasteiger partial charge in [-0.25, -0.2) is 4.98 Å². The van der Waals surface area contributed by atoms with Crippen LogP contribution in [0.15, 0.2) is 193 Å². The fourth-order valence-corrected chi connectivity index (χ4v) is 6.67.